The second-order valence-corrected chi connectivity index (χ2v) is 6.00. The number of nitrogens with zero attached hydrogens (tertiary/aromatic N) is 4. The van der Waals surface area contributed by atoms with Gasteiger partial charge < -0.3 is 0 Å². The number of aromatic nitrogens is 4. The van der Waals surface area contributed by atoms with Gasteiger partial charge in [-0.3, -0.25) is 4.79 Å². The maximum Gasteiger partial charge on any atom is 0.282 e. The van der Waals surface area contributed by atoms with Gasteiger partial charge in [-0.1, -0.05) is 18.2 Å². The Balaban J connectivity index is 1.89. The van der Waals surface area contributed by atoms with Crippen molar-refractivity contribution in [2.24, 2.45) is 0 Å². The van der Waals surface area contributed by atoms with Crippen molar-refractivity contribution >= 4 is 31.9 Å². The highest BCUT2D eigenvalue weighted by Gasteiger charge is 2.08. The van der Waals surface area contributed by atoms with Gasteiger partial charge in [-0.25, -0.2) is 9.36 Å². The predicted molar refractivity (Wildman–Crippen MR) is 86.6 cm³/mol. The Morgan fingerprint density at radius 2 is 1.86 bits per heavy atom. The lowest BCUT2D eigenvalue weighted by molar-refractivity contribution is 0.616. The van der Waals surface area contributed by atoms with Crippen LogP contribution in [-0.4, -0.2) is 19.6 Å². The summed E-state index contributed by atoms with van der Waals surface area (Å²) in [6, 6.07) is 11.7. The first-order valence-corrected chi connectivity index (χ1v) is 7.75. The summed E-state index contributed by atoms with van der Waals surface area (Å²) in [7, 11) is 0. The maximum atomic E-state index is 12.1. The Morgan fingerprint density at radius 1 is 1.10 bits per heavy atom. The van der Waals surface area contributed by atoms with Crippen molar-refractivity contribution in [1.82, 2.24) is 19.6 Å². The second-order valence-electron chi connectivity index (χ2n) is 4.36. The molecule has 2 heterocycles. The molecule has 0 spiro atoms. The van der Waals surface area contributed by atoms with Gasteiger partial charge in [0.15, 0.2) is 0 Å². The fourth-order valence-corrected chi connectivity index (χ4v) is 2.45. The fraction of sp³-hybridized carbons (Fsp3) is 0.0714. The number of hydrogen-bond acceptors (Lipinski definition) is 3. The van der Waals surface area contributed by atoms with Gasteiger partial charge in [-0.15, -0.1) is 0 Å². The molecule has 0 unspecified atom stereocenters. The third-order valence-electron chi connectivity index (χ3n) is 2.92. The number of rotatable bonds is 3. The van der Waals surface area contributed by atoms with Gasteiger partial charge in [0.25, 0.3) is 5.56 Å². The monoisotopic (exact) mass is 408 g/mol. The summed E-state index contributed by atoms with van der Waals surface area (Å²) in [5.41, 5.74) is 1.54. The SMILES string of the molecule is O=c1c(Br)c(Br)cnn1Cc1ccn(-c2ccccc2)n1. The van der Waals surface area contributed by atoms with Crippen LogP contribution >= 0.6 is 31.9 Å². The van der Waals surface area contributed by atoms with E-state index in [1.807, 2.05) is 42.6 Å². The molecule has 0 fully saturated rings. The number of para-hydroxylation sites is 1. The number of hydrogen-bond donors (Lipinski definition) is 0. The molecule has 0 aliphatic carbocycles. The molecule has 0 radical (unpaired) electrons. The maximum absolute atomic E-state index is 12.1. The molecule has 7 heteroatoms. The molecule has 0 saturated heterocycles. The number of halogens is 2. The average molecular weight is 410 g/mol. The van der Waals surface area contributed by atoms with Crippen molar-refractivity contribution in [1.29, 1.82) is 0 Å². The van der Waals surface area contributed by atoms with Gasteiger partial charge in [0.2, 0.25) is 0 Å². The van der Waals surface area contributed by atoms with Crippen molar-refractivity contribution < 1.29 is 0 Å². The Bertz CT molecular complexity index is 826. The molecule has 3 aromatic rings. The quantitative estimate of drug-likeness (QED) is 0.668. The molecule has 0 aliphatic rings. The van der Waals surface area contributed by atoms with Gasteiger partial charge in [0.1, 0.15) is 4.47 Å². The van der Waals surface area contributed by atoms with Crippen LogP contribution in [0.15, 0.2) is 62.5 Å². The largest absolute Gasteiger partial charge is 0.282 e. The average Bonchev–Trinajstić information content (AvgIpc) is 2.97. The lowest BCUT2D eigenvalue weighted by Crippen LogP contribution is -2.24. The zero-order chi connectivity index (χ0) is 14.8. The summed E-state index contributed by atoms with van der Waals surface area (Å²) in [6.07, 6.45) is 3.45. The molecular formula is C14H10Br2N4O. The summed E-state index contributed by atoms with van der Waals surface area (Å²) < 4.78 is 4.24. The van der Waals surface area contributed by atoms with Crippen molar-refractivity contribution in [2.75, 3.05) is 0 Å². The van der Waals surface area contributed by atoms with Gasteiger partial charge in [-0.05, 0) is 50.1 Å². The molecule has 0 amide bonds. The van der Waals surface area contributed by atoms with Crippen molar-refractivity contribution in [3.8, 4) is 5.69 Å². The minimum Gasteiger partial charge on any atom is -0.266 e. The van der Waals surface area contributed by atoms with Crippen LogP contribution in [0.3, 0.4) is 0 Å². The first-order chi connectivity index (χ1) is 10.1. The van der Waals surface area contributed by atoms with E-state index in [0.29, 0.717) is 15.5 Å². The van der Waals surface area contributed by atoms with Crippen molar-refractivity contribution in [3.63, 3.8) is 0 Å². The van der Waals surface area contributed by atoms with Gasteiger partial charge in [0.05, 0.1) is 28.6 Å². The molecule has 21 heavy (non-hydrogen) atoms. The van der Waals surface area contributed by atoms with E-state index in [1.165, 1.54) is 4.68 Å². The number of benzene rings is 1. The standard InChI is InChI=1S/C14H10Br2N4O/c15-12-8-17-20(14(21)13(12)16)9-10-6-7-19(18-10)11-4-2-1-3-5-11/h1-8H,9H2. The highest BCUT2D eigenvalue weighted by Crippen LogP contribution is 2.16. The van der Waals surface area contributed by atoms with E-state index in [1.54, 1.807) is 10.9 Å². The molecule has 106 valence electrons. The third kappa shape index (κ3) is 2.98. The lowest BCUT2D eigenvalue weighted by Gasteiger charge is -2.04. The summed E-state index contributed by atoms with van der Waals surface area (Å²) in [6.45, 7) is 0.324. The molecular weight excluding hydrogens is 400 g/mol. The van der Waals surface area contributed by atoms with E-state index in [-0.39, 0.29) is 5.56 Å². The zero-order valence-corrected chi connectivity index (χ0v) is 14.0. The molecule has 0 bridgehead atoms. The minimum atomic E-state index is -0.196. The van der Waals surface area contributed by atoms with Gasteiger partial charge >= 0.3 is 0 Å². The molecule has 3 rings (SSSR count). The molecule has 0 saturated carbocycles. The van der Waals surface area contributed by atoms with Crippen molar-refractivity contribution in [2.45, 2.75) is 6.54 Å². The smallest absolute Gasteiger partial charge is 0.266 e. The van der Waals surface area contributed by atoms with Crippen LogP contribution in [0.5, 0.6) is 0 Å². The van der Waals surface area contributed by atoms with E-state index in [9.17, 15) is 4.79 Å². The van der Waals surface area contributed by atoms with Crippen LogP contribution in [0.1, 0.15) is 5.69 Å². The first-order valence-electron chi connectivity index (χ1n) is 6.16. The van der Waals surface area contributed by atoms with Crippen LogP contribution < -0.4 is 5.56 Å². The third-order valence-corrected chi connectivity index (χ3v) is 4.82. The van der Waals surface area contributed by atoms with Crippen molar-refractivity contribution in [3.05, 3.63) is 73.8 Å². The minimum absolute atomic E-state index is 0.196. The molecule has 0 aliphatic heterocycles. The van der Waals surface area contributed by atoms with Gasteiger partial charge in [-0.2, -0.15) is 10.2 Å². The van der Waals surface area contributed by atoms with E-state index in [4.69, 9.17) is 0 Å². The summed E-state index contributed by atoms with van der Waals surface area (Å²) in [4.78, 5) is 12.1. The summed E-state index contributed by atoms with van der Waals surface area (Å²) in [5.74, 6) is 0. The van der Waals surface area contributed by atoms with E-state index >= 15 is 0 Å². The fourth-order valence-electron chi connectivity index (χ4n) is 1.88. The van der Waals surface area contributed by atoms with Crippen LogP contribution in [0.25, 0.3) is 5.69 Å². The van der Waals surface area contributed by atoms with Crippen LogP contribution in [0.4, 0.5) is 0 Å². The van der Waals surface area contributed by atoms with E-state index in [0.717, 1.165) is 11.4 Å². The summed E-state index contributed by atoms with van der Waals surface area (Å²) in [5, 5.41) is 8.55. The lowest BCUT2D eigenvalue weighted by atomic mass is 10.3. The Kier molecular flexibility index (Phi) is 4.03. The highest BCUT2D eigenvalue weighted by atomic mass is 79.9. The topological polar surface area (TPSA) is 52.7 Å². The Hall–Kier alpha value is -1.73. The second kappa shape index (κ2) is 5.95. The molecule has 1 aromatic carbocycles. The van der Waals surface area contributed by atoms with E-state index in [2.05, 4.69) is 42.1 Å². The zero-order valence-electron chi connectivity index (χ0n) is 10.8. The first kappa shape index (κ1) is 14.2. The summed E-state index contributed by atoms with van der Waals surface area (Å²) >= 11 is 6.50. The molecule has 5 nitrogen and oxygen atoms in total. The Morgan fingerprint density at radius 3 is 2.62 bits per heavy atom. The normalized spacial score (nSPS) is 10.8. The molecule has 0 atom stereocenters. The van der Waals surface area contributed by atoms with E-state index < -0.39 is 0 Å². The van der Waals surface area contributed by atoms with Crippen LogP contribution in [0.2, 0.25) is 0 Å². The highest BCUT2D eigenvalue weighted by molar-refractivity contribution is 9.13. The Labute approximate surface area is 137 Å². The van der Waals surface area contributed by atoms with Gasteiger partial charge in [0, 0.05) is 6.20 Å². The van der Waals surface area contributed by atoms with Crippen LogP contribution in [0, 0.1) is 0 Å². The molecule has 0 N–H and O–H groups in total. The van der Waals surface area contributed by atoms with Crippen LogP contribution in [-0.2, 0) is 6.54 Å². The molecule has 2 aromatic heterocycles. The predicted octanol–water partition coefficient (Wildman–Crippen LogP) is 3.00.